The van der Waals surface area contributed by atoms with Gasteiger partial charge in [-0.3, -0.25) is 39.3 Å². The number of rotatable bonds is 10. The summed E-state index contributed by atoms with van der Waals surface area (Å²) in [4.78, 5) is 72.7. The molecule has 65 heavy (non-hydrogen) atoms. The van der Waals surface area contributed by atoms with Crippen molar-refractivity contribution in [3.05, 3.63) is 82.5 Å². The molecule has 332 valence electrons. The van der Waals surface area contributed by atoms with Gasteiger partial charge >= 0.3 is 6.01 Å². The van der Waals surface area contributed by atoms with Gasteiger partial charge in [-0.05, 0) is 73.4 Å². The molecule has 4 saturated heterocycles. The van der Waals surface area contributed by atoms with Gasteiger partial charge in [0.2, 0.25) is 11.8 Å². The topological polar surface area (TPSA) is 173 Å². The van der Waals surface area contributed by atoms with E-state index in [0.717, 1.165) is 68.9 Å². The summed E-state index contributed by atoms with van der Waals surface area (Å²) in [5.41, 5.74) is 1.24. The van der Waals surface area contributed by atoms with Crippen molar-refractivity contribution in [2.24, 2.45) is 5.41 Å². The van der Waals surface area contributed by atoms with Crippen LogP contribution >= 0.6 is 0 Å². The number of terminal acetylenes is 1. The number of aromatic nitrogens is 3. The van der Waals surface area contributed by atoms with Crippen LogP contribution in [0, 0.1) is 29.4 Å². The number of hydrogen-bond acceptors (Lipinski definition) is 13. The van der Waals surface area contributed by atoms with Crippen LogP contribution in [-0.2, 0) is 16.1 Å². The molecular weight excluding hydrogens is 837 g/mol. The minimum Gasteiger partial charge on any atom is -0.508 e. The number of halogens is 2. The second-order valence-electron chi connectivity index (χ2n) is 18.4. The number of nitrogens with zero attached hydrogens (tertiary/aromatic N) is 7. The number of anilines is 1. The molecule has 5 fully saturated rings. The number of amides is 4. The van der Waals surface area contributed by atoms with E-state index in [0.29, 0.717) is 42.8 Å². The number of nitrogens with one attached hydrogen (secondary N) is 2. The van der Waals surface area contributed by atoms with Crippen molar-refractivity contribution in [3.63, 3.8) is 0 Å². The summed E-state index contributed by atoms with van der Waals surface area (Å²) in [6.07, 6.45) is 11.4. The van der Waals surface area contributed by atoms with Crippen LogP contribution in [0.3, 0.4) is 0 Å². The fourth-order valence-electron chi connectivity index (χ4n) is 10.4. The number of phenolic OH excluding ortho intramolecular Hbond substituents is 1. The molecule has 7 heterocycles. The van der Waals surface area contributed by atoms with Crippen molar-refractivity contribution >= 4 is 51.1 Å². The highest BCUT2D eigenvalue weighted by Gasteiger charge is 2.47. The Kier molecular flexibility index (Phi) is 10.0. The van der Waals surface area contributed by atoms with E-state index in [2.05, 4.69) is 41.2 Å². The quantitative estimate of drug-likeness (QED) is 0.135. The van der Waals surface area contributed by atoms with Gasteiger partial charge in [-0.15, -0.1) is 6.42 Å². The normalized spacial score (nSPS) is 23.0. The molecule has 2 bridgehead atoms. The Morgan fingerprint density at radius 3 is 2.38 bits per heavy atom. The fourth-order valence-corrected chi connectivity index (χ4v) is 10.4. The maximum Gasteiger partial charge on any atom is 0.319 e. The van der Waals surface area contributed by atoms with E-state index in [4.69, 9.17) is 16.1 Å². The molecule has 3 N–H and O–H groups in total. The molecule has 6 aliphatic rings. The third-order valence-electron chi connectivity index (χ3n) is 14.0. The predicted octanol–water partition coefficient (Wildman–Crippen LogP) is 4.13. The first kappa shape index (κ1) is 41.1. The SMILES string of the molecule is C#Cc1c(F)ccc2cc(O)cc(-c3ncc4c(N5CC6CCC(C5)N6)nc(OCC5(CN6CCN(Cc7ccc8c(c7)C(=O)N(C7CCC(=O)NC7=O)C8=O)CC6)CC5)nc4c3F)c12. The molecule has 1 aliphatic carbocycles. The number of piperazine rings is 2. The zero-order chi connectivity index (χ0) is 44.7. The molecular formula is C48H45F2N9O6. The van der Waals surface area contributed by atoms with Crippen LogP contribution < -0.4 is 20.3 Å². The lowest BCUT2D eigenvalue weighted by Gasteiger charge is -2.36. The summed E-state index contributed by atoms with van der Waals surface area (Å²) in [5, 5.41) is 17.6. The molecule has 5 aliphatic heterocycles. The summed E-state index contributed by atoms with van der Waals surface area (Å²) < 4.78 is 38.5. The molecule has 11 rings (SSSR count). The van der Waals surface area contributed by atoms with Gasteiger partial charge in [0.25, 0.3) is 11.8 Å². The molecule has 4 amide bonds. The van der Waals surface area contributed by atoms with Crippen molar-refractivity contribution in [1.82, 2.24) is 40.3 Å². The van der Waals surface area contributed by atoms with Gasteiger partial charge < -0.3 is 25.0 Å². The number of fused-ring (bicyclic) bond motifs is 5. The number of piperidine rings is 1. The highest BCUT2D eigenvalue weighted by Crippen LogP contribution is 2.47. The number of carbonyl (C=O) groups excluding carboxylic acids is 4. The van der Waals surface area contributed by atoms with E-state index < -0.39 is 41.3 Å². The van der Waals surface area contributed by atoms with Crippen LogP contribution in [0.1, 0.15) is 70.4 Å². The van der Waals surface area contributed by atoms with Crippen LogP contribution in [0.4, 0.5) is 14.6 Å². The molecule has 15 nitrogen and oxygen atoms in total. The first-order valence-corrected chi connectivity index (χ1v) is 22.2. The Balaban J connectivity index is 0.792. The molecule has 0 radical (unpaired) electrons. The van der Waals surface area contributed by atoms with Gasteiger partial charge in [0, 0.05) is 93.4 Å². The third-order valence-corrected chi connectivity index (χ3v) is 14.0. The maximum absolute atomic E-state index is 17.1. The highest BCUT2D eigenvalue weighted by molar-refractivity contribution is 6.23. The smallest absolute Gasteiger partial charge is 0.319 e. The number of hydrogen-bond donors (Lipinski definition) is 3. The first-order chi connectivity index (χ1) is 31.4. The summed E-state index contributed by atoms with van der Waals surface area (Å²) in [6.45, 7) is 6.27. The summed E-state index contributed by atoms with van der Waals surface area (Å²) in [5.74, 6) is -0.724. The van der Waals surface area contributed by atoms with Crippen LogP contribution in [0.5, 0.6) is 11.8 Å². The Labute approximate surface area is 372 Å². The van der Waals surface area contributed by atoms with Gasteiger partial charge in [-0.2, -0.15) is 9.97 Å². The first-order valence-electron chi connectivity index (χ1n) is 22.2. The summed E-state index contributed by atoms with van der Waals surface area (Å²) >= 11 is 0. The van der Waals surface area contributed by atoms with Crippen molar-refractivity contribution in [1.29, 1.82) is 0 Å². The van der Waals surface area contributed by atoms with Gasteiger partial charge in [-0.25, -0.2) is 8.78 Å². The fraction of sp³-hybridized carbons (Fsp3) is 0.396. The van der Waals surface area contributed by atoms with Crippen LogP contribution in [-0.4, -0.2) is 129 Å². The van der Waals surface area contributed by atoms with E-state index in [9.17, 15) is 24.3 Å². The van der Waals surface area contributed by atoms with Gasteiger partial charge in [0.1, 0.15) is 34.6 Å². The van der Waals surface area contributed by atoms with Crippen molar-refractivity contribution in [3.8, 4) is 35.4 Å². The molecule has 3 atom stereocenters. The van der Waals surface area contributed by atoms with Crippen molar-refractivity contribution in [2.45, 2.75) is 63.2 Å². The van der Waals surface area contributed by atoms with Crippen molar-refractivity contribution in [2.75, 3.05) is 57.3 Å². The van der Waals surface area contributed by atoms with E-state index >= 15 is 8.78 Å². The van der Waals surface area contributed by atoms with E-state index in [-0.39, 0.29) is 81.0 Å². The lowest BCUT2D eigenvalue weighted by Crippen LogP contribution is -2.54. The Hall–Kier alpha value is -6.61. The molecule has 0 spiro atoms. The lowest BCUT2D eigenvalue weighted by atomic mass is 9.96. The number of imide groups is 2. The van der Waals surface area contributed by atoms with E-state index in [1.54, 1.807) is 12.1 Å². The summed E-state index contributed by atoms with van der Waals surface area (Å²) in [7, 11) is 0. The Morgan fingerprint density at radius 1 is 0.892 bits per heavy atom. The van der Waals surface area contributed by atoms with Gasteiger partial charge in [0.15, 0.2) is 5.82 Å². The Bertz CT molecular complexity index is 2900. The minimum atomic E-state index is -1.01. The average molecular weight is 882 g/mol. The number of phenols is 1. The lowest BCUT2D eigenvalue weighted by molar-refractivity contribution is -0.136. The summed E-state index contributed by atoms with van der Waals surface area (Å²) in [6, 6.07) is 10.3. The Morgan fingerprint density at radius 2 is 1.65 bits per heavy atom. The predicted molar refractivity (Wildman–Crippen MR) is 234 cm³/mol. The molecule has 5 aromatic rings. The van der Waals surface area contributed by atoms with Crippen LogP contribution in [0.25, 0.3) is 32.9 Å². The second kappa shape index (κ2) is 15.8. The molecule has 3 unspecified atom stereocenters. The van der Waals surface area contributed by atoms with Gasteiger partial charge in [-0.1, -0.05) is 18.1 Å². The van der Waals surface area contributed by atoms with E-state index in [1.165, 1.54) is 30.5 Å². The average Bonchev–Trinajstić information content (AvgIpc) is 3.92. The molecule has 3 aromatic carbocycles. The standard InChI is InChI=1S/C48H45F2N9O6/c1-2-31-36(49)8-4-27-18-30(60)19-34(39(27)31)41-40(50)42-35(20-51-41)43(58-22-28-5-6-29(23-58)52-28)55-47(54-42)65-25-48(11-12-48)24-57-15-13-56(14-16-57)21-26-3-7-32-33(17-26)46(64)59(45(32)63)37-9-10-38(61)53-44(37)62/h1,3-4,7-8,17-20,28-29,37,52,60H,5-6,9-16,21-25H2,(H,53,61,62). The highest BCUT2D eigenvalue weighted by atomic mass is 19.1. The number of pyridine rings is 1. The second-order valence-corrected chi connectivity index (χ2v) is 18.4. The number of carbonyl (C=O) groups is 4. The minimum absolute atomic E-state index is 0.00276. The molecule has 1 saturated carbocycles. The maximum atomic E-state index is 17.1. The zero-order valence-electron chi connectivity index (χ0n) is 35.4. The number of aromatic hydroxyl groups is 1. The van der Waals surface area contributed by atoms with Crippen molar-refractivity contribution < 1.29 is 37.8 Å². The largest absolute Gasteiger partial charge is 0.508 e. The monoisotopic (exact) mass is 881 g/mol. The third kappa shape index (κ3) is 7.39. The van der Waals surface area contributed by atoms with Crippen LogP contribution in [0.2, 0.25) is 0 Å². The number of benzene rings is 3. The van der Waals surface area contributed by atoms with E-state index in [1.807, 2.05) is 6.07 Å². The van der Waals surface area contributed by atoms with Gasteiger partial charge in [0.05, 0.1) is 28.7 Å². The zero-order valence-corrected chi connectivity index (χ0v) is 35.4. The molecule has 2 aromatic heterocycles. The van der Waals surface area contributed by atoms with Crippen LogP contribution in [0.15, 0.2) is 48.7 Å². The number of ether oxygens (including phenoxy) is 1. The molecule has 17 heteroatoms.